The van der Waals surface area contributed by atoms with E-state index in [1.807, 2.05) is 6.92 Å². The Morgan fingerprint density at radius 1 is 1.43 bits per heavy atom. The molecule has 0 radical (unpaired) electrons. The SMILES string of the molecule is CCCC(CNC(=O)CN(C)C(=O)c1ccco1)C(=O)O. The molecule has 0 aromatic carbocycles. The zero-order valence-corrected chi connectivity index (χ0v) is 12.2. The lowest BCUT2D eigenvalue weighted by Gasteiger charge is -2.17. The average molecular weight is 296 g/mol. The van der Waals surface area contributed by atoms with Gasteiger partial charge in [-0.15, -0.1) is 0 Å². The number of hydrogen-bond donors (Lipinski definition) is 2. The summed E-state index contributed by atoms with van der Waals surface area (Å²) in [5, 5.41) is 11.5. The van der Waals surface area contributed by atoms with Crippen molar-refractivity contribution in [2.24, 2.45) is 5.92 Å². The van der Waals surface area contributed by atoms with Gasteiger partial charge in [-0.2, -0.15) is 0 Å². The molecule has 21 heavy (non-hydrogen) atoms. The zero-order valence-electron chi connectivity index (χ0n) is 12.2. The second-order valence-corrected chi connectivity index (χ2v) is 4.77. The Labute approximate surface area is 122 Å². The lowest BCUT2D eigenvalue weighted by atomic mass is 10.0. The van der Waals surface area contributed by atoms with Gasteiger partial charge < -0.3 is 19.7 Å². The molecule has 0 bridgehead atoms. The van der Waals surface area contributed by atoms with Crippen molar-refractivity contribution in [3.63, 3.8) is 0 Å². The molecule has 0 fully saturated rings. The van der Waals surface area contributed by atoms with Crippen LogP contribution in [0.5, 0.6) is 0 Å². The van der Waals surface area contributed by atoms with Crippen molar-refractivity contribution < 1.29 is 23.9 Å². The predicted octanol–water partition coefficient (Wildman–Crippen LogP) is 0.969. The zero-order chi connectivity index (χ0) is 15.8. The van der Waals surface area contributed by atoms with Crippen molar-refractivity contribution >= 4 is 17.8 Å². The maximum Gasteiger partial charge on any atom is 0.308 e. The molecule has 0 saturated carbocycles. The fraction of sp³-hybridized carbons (Fsp3) is 0.500. The summed E-state index contributed by atoms with van der Waals surface area (Å²) in [6.45, 7) is 1.79. The predicted molar refractivity (Wildman–Crippen MR) is 74.7 cm³/mol. The van der Waals surface area contributed by atoms with Gasteiger partial charge in [0.1, 0.15) is 0 Å². The molecule has 1 heterocycles. The minimum Gasteiger partial charge on any atom is -0.481 e. The largest absolute Gasteiger partial charge is 0.481 e. The van der Waals surface area contributed by atoms with Crippen LogP contribution in [0.15, 0.2) is 22.8 Å². The van der Waals surface area contributed by atoms with E-state index in [1.54, 1.807) is 6.07 Å². The van der Waals surface area contributed by atoms with Crippen molar-refractivity contribution in [1.82, 2.24) is 10.2 Å². The number of aliphatic carboxylic acids is 1. The van der Waals surface area contributed by atoms with Crippen molar-refractivity contribution in [3.8, 4) is 0 Å². The summed E-state index contributed by atoms with van der Waals surface area (Å²) in [6, 6.07) is 3.10. The number of carboxylic acids is 1. The van der Waals surface area contributed by atoms with Gasteiger partial charge in [0.2, 0.25) is 5.91 Å². The molecule has 1 aromatic heterocycles. The number of rotatable bonds is 8. The quantitative estimate of drug-likeness (QED) is 0.744. The van der Waals surface area contributed by atoms with Crippen molar-refractivity contribution in [1.29, 1.82) is 0 Å². The van der Waals surface area contributed by atoms with Crippen LogP contribution in [0.25, 0.3) is 0 Å². The van der Waals surface area contributed by atoms with Gasteiger partial charge in [-0.1, -0.05) is 13.3 Å². The van der Waals surface area contributed by atoms with E-state index in [4.69, 9.17) is 9.52 Å². The molecular weight excluding hydrogens is 276 g/mol. The molecular formula is C14H20N2O5. The van der Waals surface area contributed by atoms with E-state index in [1.165, 1.54) is 24.3 Å². The minimum atomic E-state index is -0.933. The van der Waals surface area contributed by atoms with E-state index in [0.29, 0.717) is 6.42 Å². The summed E-state index contributed by atoms with van der Waals surface area (Å²) >= 11 is 0. The standard InChI is InChI=1S/C14H20N2O5/c1-3-5-10(14(19)20)8-15-12(17)9-16(2)13(18)11-6-4-7-21-11/h4,6-7,10H,3,5,8-9H2,1-2H3,(H,15,17)(H,19,20). The smallest absolute Gasteiger partial charge is 0.308 e. The molecule has 7 nitrogen and oxygen atoms in total. The third kappa shape index (κ3) is 5.29. The van der Waals surface area contributed by atoms with Crippen molar-refractivity contribution in [2.45, 2.75) is 19.8 Å². The van der Waals surface area contributed by atoms with Gasteiger partial charge in [-0.3, -0.25) is 14.4 Å². The Morgan fingerprint density at radius 3 is 2.67 bits per heavy atom. The highest BCUT2D eigenvalue weighted by Gasteiger charge is 2.20. The summed E-state index contributed by atoms with van der Waals surface area (Å²) in [4.78, 5) is 35.8. The molecule has 0 saturated heterocycles. The lowest BCUT2D eigenvalue weighted by molar-refractivity contribution is -0.142. The molecule has 0 aliphatic rings. The van der Waals surface area contributed by atoms with E-state index in [-0.39, 0.29) is 18.8 Å². The molecule has 1 rings (SSSR count). The fourth-order valence-corrected chi connectivity index (χ4v) is 1.83. The molecule has 0 spiro atoms. The summed E-state index contributed by atoms with van der Waals surface area (Å²) in [7, 11) is 1.48. The summed E-state index contributed by atoms with van der Waals surface area (Å²) in [6.07, 6.45) is 2.60. The van der Waals surface area contributed by atoms with Crippen LogP contribution in [0.2, 0.25) is 0 Å². The molecule has 116 valence electrons. The lowest BCUT2D eigenvalue weighted by Crippen LogP contribution is -2.41. The highest BCUT2D eigenvalue weighted by Crippen LogP contribution is 2.06. The van der Waals surface area contributed by atoms with Gasteiger partial charge in [0.25, 0.3) is 5.91 Å². The van der Waals surface area contributed by atoms with Crippen LogP contribution in [0.1, 0.15) is 30.3 Å². The van der Waals surface area contributed by atoms with E-state index in [2.05, 4.69) is 5.32 Å². The van der Waals surface area contributed by atoms with Gasteiger partial charge in [0, 0.05) is 13.6 Å². The molecule has 2 amide bonds. The van der Waals surface area contributed by atoms with Crippen molar-refractivity contribution in [3.05, 3.63) is 24.2 Å². The summed E-state index contributed by atoms with van der Waals surface area (Å²) < 4.78 is 4.96. The first kappa shape index (κ1) is 16.7. The average Bonchev–Trinajstić information content (AvgIpc) is 2.96. The first-order chi connectivity index (χ1) is 9.95. The number of amides is 2. The van der Waals surface area contributed by atoms with Crippen LogP contribution in [-0.4, -0.2) is 47.9 Å². The molecule has 1 atom stereocenters. The number of likely N-dealkylation sites (N-methyl/N-ethyl adjacent to an activating group) is 1. The highest BCUT2D eigenvalue weighted by molar-refractivity contribution is 5.94. The van der Waals surface area contributed by atoms with Crippen LogP contribution >= 0.6 is 0 Å². The molecule has 1 aromatic rings. The summed E-state index contributed by atoms with van der Waals surface area (Å²) in [5.74, 6) is -2.19. The Kier molecular flexibility index (Phi) is 6.45. The van der Waals surface area contributed by atoms with E-state index < -0.39 is 23.7 Å². The normalized spacial score (nSPS) is 11.7. The number of nitrogens with zero attached hydrogens (tertiary/aromatic N) is 1. The van der Waals surface area contributed by atoms with Gasteiger partial charge in [0.05, 0.1) is 18.7 Å². The third-order valence-corrected chi connectivity index (χ3v) is 2.99. The maximum atomic E-state index is 11.8. The van der Waals surface area contributed by atoms with E-state index >= 15 is 0 Å². The Morgan fingerprint density at radius 2 is 2.14 bits per heavy atom. The van der Waals surface area contributed by atoms with E-state index in [9.17, 15) is 14.4 Å². The van der Waals surface area contributed by atoms with Crippen LogP contribution in [0.3, 0.4) is 0 Å². The summed E-state index contributed by atoms with van der Waals surface area (Å²) in [5.41, 5.74) is 0. The van der Waals surface area contributed by atoms with Crippen LogP contribution in [0, 0.1) is 5.92 Å². The van der Waals surface area contributed by atoms with Crippen LogP contribution in [-0.2, 0) is 9.59 Å². The molecule has 0 aliphatic carbocycles. The van der Waals surface area contributed by atoms with Crippen LogP contribution in [0.4, 0.5) is 0 Å². The number of carbonyl (C=O) groups excluding carboxylic acids is 2. The van der Waals surface area contributed by atoms with Gasteiger partial charge in [0.15, 0.2) is 5.76 Å². The molecule has 0 aliphatic heterocycles. The molecule has 1 unspecified atom stereocenters. The topological polar surface area (TPSA) is 99.9 Å². The number of carboxylic acid groups (broad SMARTS) is 1. The van der Waals surface area contributed by atoms with Crippen LogP contribution < -0.4 is 5.32 Å². The van der Waals surface area contributed by atoms with E-state index in [0.717, 1.165) is 6.42 Å². The monoisotopic (exact) mass is 296 g/mol. The van der Waals surface area contributed by atoms with Crippen molar-refractivity contribution in [2.75, 3.05) is 20.1 Å². The molecule has 7 heteroatoms. The fourth-order valence-electron chi connectivity index (χ4n) is 1.83. The number of hydrogen-bond acceptors (Lipinski definition) is 4. The Hall–Kier alpha value is -2.31. The third-order valence-electron chi connectivity index (χ3n) is 2.99. The Bertz CT molecular complexity index is 484. The second kappa shape index (κ2) is 8.08. The number of carbonyl (C=O) groups is 3. The molecule has 2 N–H and O–H groups in total. The first-order valence-electron chi connectivity index (χ1n) is 6.74. The number of furan rings is 1. The van der Waals surface area contributed by atoms with Gasteiger partial charge in [-0.05, 0) is 18.6 Å². The second-order valence-electron chi connectivity index (χ2n) is 4.77. The maximum absolute atomic E-state index is 11.8. The highest BCUT2D eigenvalue weighted by atomic mass is 16.4. The Balaban J connectivity index is 2.42. The number of nitrogens with one attached hydrogen (secondary N) is 1. The van der Waals surface area contributed by atoms with Gasteiger partial charge >= 0.3 is 5.97 Å². The minimum absolute atomic E-state index is 0.0603. The van der Waals surface area contributed by atoms with Gasteiger partial charge in [-0.25, -0.2) is 0 Å². The first-order valence-corrected chi connectivity index (χ1v) is 6.74.